The lowest BCUT2D eigenvalue weighted by molar-refractivity contribution is 0.101. The fraction of sp³-hybridized carbons (Fsp3) is 0.111. The van der Waals surface area contributed by atoms with Crippen molar-refractivity contribution in [2.75, 3.05) is 0 Å². The first kappa shape index (κ1) is 11.7. The molecule has 4 nitrogen and oxygen atoms in total. The number of nitrogens with zero attached hydrogens (tertiary/aromatic N) is 1. The van der Waals surface area contributed by atoms with Crippen LogP contribution in [0.2, 0.25) is 0 Å². The van der Waals surface area contributed by atoms with Gasteiger partial charge >= 0.3 is 0 Å². The molecule has 0 saturated carbocycles. The summed E-state index contributed by atoms with van der Waals surface area (Å²) < 4.78 is 22.0. The van der Waals surface area contributed by atoms with Crippen molar-refractivity contribution in [2.45, 2.75) is 11.8 Å². The summed E-state index contributed by atoms with van der Waals surface area (Å²) in [7, 11) is 1.19. The lowest BCUT2D eigenvalue weighted by atomic mass is 10.1. The van der Waals surface area contributed by atoms with Gasteiger partial charge in [0.05, 0.1) is 16.5 Å². The van der Waals surface area contributed by atoms with Crippen molar-refractivity contribution in [3.63, 3.8) is 0 Å². The van der Waals surface area contributed by atoms with Crippen molar-refractivity contribution in [3.05, 3.63) is 29.3 Å². The molecule has 0 aromatic heterocycles. The van der Waals surface area contributed by atoms with Crippen molar-refractivity contribution in [3.8, 4) is 6.07 Å². The van der Waals surface area contributed by atoms with Crippen LogP contribution in [0, 0.1) is 11.3 Å². The van der Waals surface area contributed by atoms with E-state index in [0.717, 1.165) is 12.1 Å². The van der Waals surface area contributed by atoms with Crippen LogP contribution in [0.25, 0.3) is 0 Å². The lowest BCUT2D eigenvalue weighted by Gasteiger charge is -2.00. The van der Waals surface area contributed by atoms with Gasteiger partial charge in [-0.2, -0.15) is 5.26 Å². The zero-order valence-corrected chi connectivity index (χ0v) is 9.26. The molecular weight excluding hydrogens is 238 g/mol. The maximum Gasteiger partial charge on any atom is 0.261 e. The monoisotopic (exact) mass is 243 g/mol. The van der Waals surface area contributed by atoms with Crippen LogP contribution in [0.15, 0.2) is 23.1 Å². The summed E-state index contributed by atoms with van der Waals surface area (Å²) in [4.78, 5) is 10.8. The number of Topliss-reactive ketones (excluding diaryl/α,β-unsaturated/α-hetero) is 1. The fourth-order valence-electron chi connectivity index (χ4n) is 1.01. The van der Waals surface area contributed by atoms with E-state index in [1.54, 1.807) is 6.07 Å². The zero-order valence-electron chi connectivity index (χ0n) is 7.69. The molecule has 0 atom stereocenters. The molecular formula is C9H6ClNO3S. The highest BCUT2D eigenvalue weighted by molar-refractivity contribution is 8.13. The summed E-state index contributed by atoms with van der Waals surface area (Å²) >= 11 is 0. The minimum Gasteiger partial charge on any atom is -0.295 e. The normalized spacial score (nSPS) is 10.7. The van der Waals surface area contributed by atoms with Gasteiger partial charge in [0, 0.05) is 16.2 Å². The summed E-state index contributed by atoms with van der Waals surface area (Å²) in [6.07, 6.45) is 0. The van der Waals surface area contributed by atoms with Crippen molar-refractivity contribution in [2.24, 2.45) is 0 Å². The number of carbonyl (C=O) groups is 1. The van der Waals surface area contributed by atoms with E-state index in [4.69, 9.17) is 15.9 Å². The summed E-state index contributed by atoms with van der Waals surface area (Å²) in [5, 5.41) is 8.63. The summed E-state index contributed by atoms with van der Waals surface area (Å²) in [5.74, 6) is -0.325. The average molecular weight is 244 g/mol. The Morgan fingerprint density at radius 1 is 1.40 bits per heavy atom. The predicted octanol–water partition coefficient (Wildman–Crippen LogP) is 1.69. The van der Waals surface area contributed by atoms with Gasteiger partial charge in [0.1, 0.15) is 0 Å². The van der Waals surface area contributed by atoms with Crippen molar-refractivity contribution < 1.29 is 13.2 Å². The van der Waals surface area contributed by atoms with Gasteiger partial charge in [-0.3, -0.25) is 4.79 Å². The first-order chi connectivity index (χ1) is 6.84. The topological polar surface area (TPSA) is 75.0 Å². The molecule has 0 aliphatic rings. The number of halogens is 1. The highest BCUT2D eigenvalue weighted by Crippen LogP contribution is 2.19. The molecule has 0 N–H and O–H groups in total. The Morgan fingerprint density at radius 3 is 2.40 bits per heavy atom. The van der Waals surface area contributed by atoms with E-state index in [9.17, 15) is 13.2 Å². The van der Waals surface area contributed by atoms with Gasteiger partial charge in [-0.25, -0.2) is 8.42 Å². The van der Waals surface area contributed by atoms with Crippen LogP contribution in [-0.2, 0) is 9.05 Å². The smallest absolute Gasteiger partial charge is 0.261 e. The fourth-order valence-corrected chi connectivity index (χ4v) is 1.81. The Morgan fingerprint density at radius 2 is 2.00 bits per heavy atom. The molecule has 0 bridgehead atoms. The molecule has 6 heteroatoms. The third kappa shape index (κ3) is 2.78. The first-order valence-electron chi connectivity index (χ1n) is 3.85. The average Bonchev–Trinajstić information content (AvgIpc) is 2.15. The minimum atomic E-state index is -3.92. The number of carbonyl (C=O) groups excluding carboxylic acids is 1. The summed E-state index contributed by atoms with van der Waals surface area (Å²) in [6.45, 7) is 1.28. The van der Waals surface area contributed by atoms with Gasteiger partial charge in [-0.1, -0.05) is 0 Å². The van der Waals surface area contributed by atoms with Crippen LogP contribution < -0.4 is 0 Å². The number of nitriles is 1. The molecule has 0 heterocycles. The van der Waals surface area contributed by atoms with E-state index in [1.807, 2.05) is 0 Å². The molecule has 0 saturated heterocycles. The van der Waals surface area contributed by atoms with Gasteiger partial charge in [0.25, 0.3) is 9.05 Å². The van der Waals surface area contributed by atoms with Crippen molar-refractivity contribution >= 4 is 25.5 Å². The van der Waals surface area contributed by atoms with Crippen LogP contribution >= 0.6 is 10.7 Å². The van der Waals surface area contributed by atoms with Gasteiger partial charge in [-0.15, -0.1) is 0 Å². The van der Waals surface area contributed by atoms with Crippen LogP contribution in [0.4, 0.5) is 0 Å². The van der Waals surface area contributed by atoms with Crippen LogP contribution in [0.3, 0.4) is 0 Å². The van der Waals surface area contributed by atoms with Gasteiger partial charge in [0.15, 0.2) is 5.78 Å². The molecule has 0 radical (unpaired) electrons. The third-order valence-corrected chi connectivity index (χ3v) is 3.06. The molecule has 1 aromatic carbocycles. The second-order valence-corrected chi connectivity index (χ2v) is 5.42. The molecule has 0 amide bonds. The number of rotatable bonds is 2. The number of benzene rings is 1. The summed E-state index contributed by atoms with van der Waals surface area (Å²) in [5.41, 5.74) is 0.232. The molecule has 1 aromatic rings. The Balaban J connectivity index is 3.52. The Labute approximate surface area is 91.5 Å². The largest absolute Gasteiger partial charge is 0.295 e. The molecule has 78 valence electrons. The summed E-state index contributed by atoms with van der Waals surface area (Å²) in [6, 6.07) is 5.34. The standard InChI is InChI=1S/C9H6ClNO3S/c1-6(12)8-2-7(5-11)3-9(4-8)15(10,13)14/h2-4H,1H3. The maximum atomic E-state index is 11.0. The highest BCUT2D eigenvalue weighted by atomic mass is 35.7. The second kappa shape index (κ2) is 4.01. The van der Waals surface area contributed by atoms with E-state index in [1.165, 1.54) is 13.0 Å². The molecule has 0 fully saturated rings. The second-order valence-electron chi connectivity index (χ2n) is 2.85. The molecule has 0 aliphatic heterocycles. The number of ketones is 1. The number of hydrogen-bond acceptors (Lipinski definition) is 4. The molecule has 0 spiro atoms. The lowest BCUT2D eigenvalue weighted by Crippen LogP contribution is -1.98. The molecule has 0 unspecified atom stereocenters. The van der Waals surface area contributed by atoms with Crippen molar-refractivity contribution in [1.29, 1.82) is 5.26 Å². The third-order valence-electron chi connectivity index (χ3n) is 1.72. The molecule has 1 rings (SSSR count). The maximum absolute atomic E-state index is 11.0. The van der Waals surface area contributed by atoms with E-state index in [2.05, 4.69) is 0 Å². The van der Waals surface area contributed by atoms with E-state index in [0.29, 0.717) is 0 Å². The predicted molar refractivity (Wildman–Crippen MR) is 54.2 cm³/mol. The molecule has 15 heavy (non-hydrogen) atoms. The highest BCUT2D eigenvalue weighted by Gasteiger charge is 2.13. The van der Waals surface area contributed by atoms with E-state index < -0.39 is 9.05 Å². The van der Waals surface area contributed by atoms with Crippen LogP contribution in [-0.4, -0.2) is 14.2 Å². The van der Waals surface area contributed by atoms with Gasteiger partial charge < -0.3 is 0 Å². The molecule has 0 aliphatic carbocycles. The van der Waals surface area contributed by atoms with Crippen LogP contribution in [0.1, 0.15) is 22.8 Å². The van der Waals surface area contributed by atoms with E-state index in [-0.39, 0.29) is 21.8 Å². The Bertz CT molecular complexity index is 557. The van der Waals surface area contributed by atoms with E-state index >= 15 is 0 Å². The quantitative estimate of drug-likeness (QED) is 0.585. The van der Waals surface area contributed by atoms with Crippen molar-refractivity contribution in [1.82, 2.24) is 0 Å². The first-order valence-corrected chi connectivity index (χ1v) is 6.16. The minimum absolute atomic E-state index is 0.0851. The number of hydrogen-bond donors (Lipinski definition) is 0. The van der Waals surface area contributed by atoms with Gasteiger partial charge in [-0.05, 0) is 25.1 Å². The Hall–Kier alpha value is -1.38. The Kier molecular flexibility index (Phi) is 3.12. The SMILES string of the molecule is CC(=O)c1cc(C#N)cc(S(=O)(=O)Cl)c1. The van der Waals surface area contributed by atoms with Crippen LogP contribution in [0.5, 0.6) is 0 Å². The zero-order chi connectivity index (χ0) is 11.6. The van der Waals surface area contributed by atoms with Gasteiger partial charge in [0.2, 0.25) is 0 Å².